The molecule has 0 radical (unpaired) electrons. The Morgan fingerprint density at radius 2 is 1.87 bits per heavy atom. The lowest BCUT2D eigenvalue weighted by molar-refractivity contribution is -0.116. The van der Waals surface area contributed by atoms with Crippen molar-refractivity contribution in [2.45, 2.75) is 38.6 Å². The number of nitrogens with one attached hydrogen (secondary N) is 3. The number of phenolic OH excluding ortho intramolecular Hbond substituents is 1. The predicted molar refractivity (Wildman–Crippen MR) is 122 cm³/mol. The number of hydrogen-bond donors (Lipinski definition) is 5. The molecule has 0 saturated carbocycles. The summed E-state index contributed by atoms with van der Waals surface area (Å²) in [6.07, 6.45) is 3.15. The quantitative estimate of drug-likeness (QED) is 0.343. The molecule has 0 bridgehead atoms. The zero-order valence-electron chi connectivity index (χ0n) is 17.6. The van der Waals surface area contributed by atoms with Crippen LogP contribution in [0.4, 0.5) is 5.69 Å². The van der Waals surface area contributed by atoms with Gasteiger partial charge >= 0.3 is 0 Å². The standard InChI is InChI=1S/C24H29N3O4/c1-2-3-4-22(30)26-17-7-5-16(6-8-17)13-14-25-20(15-28)18-9-11-21(29)24-19(18)10-12-23(31)27-24/h5-12,20,25,28-29H,2-4,13-15H2,1H3,(H,26,30)(H,27,31). The molecule has 0 aliphatic carbocycles. The van der Waals surface area contributed by atoms with E-state index in [-0.39, 0.29) is 29.9 Å². The van der Waals surface area contributed by atoms with Gasteiger partial charge in [0.1, 0.15) is 5.75 Å². The minimum atomic E-state index is -0.342. The van der Waals surface area contributed by atoms with Crippen molar-refractivity contribution in [1.29, 1.82) is 0 Å². The van der Waals surface area contributed by atoms with Crippen molar-refractivity contribution in [3.63, 3.8) is 0 Å². The third kappa shape index (κ3) is 5.93. The summed E-state index contributed by atoms with van der Waals surface area (Å²) < 4.78 is 0. The number of rotatable bonds is 10. The number of aliphatic hydroxyl groups excluding tert-OH is 1. The van der Waals surface area contributed by atoms with Crippen LogP contribution >= 0.6 is 0 Å². The summed E-state index contributed by atoms with van der Waals surface area (Å²) in [7, 11) is 0. The first kappa shape index (κ1) is 22.5. The van der Waals surface area contributed by atoms with Gasteiger partial charge in [-0.2, -0.15) is 0 Å². The van der Waals surface area contributed by atoms with E-state index < -0.39 is 0 Å². The summed E-state index contributed by atoms with van der Waals surface area (Å²) in [6.45, 7) is 2.56. The van der Waals surface area contributed by atoms with Crippen LogP contribution in [0.5, 0.6) is 5.75 Å². The maximum absolute atomic E-state index is 11.8. The number of hydrogen-bond acceptors (Lipinski definition) is 5. The third-order valence-corrected chi connectivity index (χ3v) is 5.26. The number of aromatic hydroxyl groups is 1. The number of aliphatic hydroxyl groups is 1. The van der Waals surface area contributed by atoms with E-state index in [1.165, 1.54) is 12.1 Å². The fourth-order valence-corrected chi connectivity index (χ4v) is 3.54. The molecule has 7 heteroatoms. The molecule has 1 aromatic heterocycles. The number of aromatic amines is 1. The van der Waals surface area contributed by atoms with E-state index in [0.717, 1.165) is 36.1 Å². The Kier molecular flexibility index (Phi) is 7.81. The summed E-state index contributed by atoms with van der Waals surface area (Å²) in [4.78, 5) is 26.1. The molecule has 1 amide bonds. The summed E-state index contributed by atoms with van der Waals surface area (Å²) in [5, 5.41) is 26.9. The highest BCUT2D eigenvalue weighted by Gasteiger charge is 2.15. The van der Waals surface area contributed by atoms with Gasteiger partial charge in [-0.05, 0) is 54.8 Å². The molecular formula is C24H29N3O4. The monoisotopic (exact) mass is 423 g/mol. The number of fused-ring (bicyclic) bond motifs is 1. The molecule has 164 valence electrons. The molecule has 0 aliphatic heterocycles. The number of benzene rings is 2. The van der Waals surface area contributed by atoms with E-state index in [9.17, 15) is 19.8 Å². The van der Waals surface area contributed by atoms with E-state index in [1.54, 1.807) is 12.1 Å². The Bertz CT molecular complexity index is 1080. The zero-order chi connectivity index (χ0) is 22.2. The Hall–Kier alpha value is -3.16. The summed E-state index contributed by atoms with van der Waals surface area (Å²) in [5.41, 5.74) is 2.77. The molecule has 5 N–H and O–H groups in total. The molecule has 0 fully saturated rings. The molecule has 1 unspecified atom stereocenters. The van der Waals surface area contributed by atoms with Crippen LogP contribution in [0.15, 0.2) is 53.3 Å². The number of H-pyrrole nitrogens is 1. The number of carbonyl (C=O) groups is 1. The van der Waals surface area contributed by atoms with E-state index in [4.69, 9.17) is 0 Å². The van der Waals surface area contributed by atoms with Gasteiger partial charge in [0.15, 0.2) is 0 Å². The predicted octanol–water partition coefficient (Wildman–Crippen LogP) is 3.23. The summed E-state index contributed by atoms with van der Waals surface area (Å²) in [6, 6.07) is 13.7. The first-order valence-electron chi connectivity index (χ1n) is 10.6. The van der Waals surface area contributed by atoms with Crippen LogP contribution in [-0.2, 0) is 11.2 Å². The molecule has 0 aliphatic rings. The van der Waals surface area contributed by atoms with Gasteiger partial charge in [0, 0.05) is 23.6 Å². The minimum absolute atomic E-state index is 0.00462. The third-order valence-electron chi connectivity index (χ3n) is 5.26. The first-order valence-corrected chi connectivity index (χ1v) is 10.6. The zero-order valence-corrected chi connectivity index (χ0v) is 17.6. The lowest BCUT2D eigenvalue weighted by Crippen LogP contribution is -2.27. The van der Waals surface area contributed by atoms with Crippen molar-refractivity contribution in [2.24, 2.45) is 0 Å². The first-order chi connectivity index (χ1) is 15.0. The number of aromatic nitrogens is 1. The van der Waals surface area contributed by atoms with E-state index in [2.05, 4.69) is 22.5 Å². The molecule has 3 rings (SSSR count). The van der Waals surface area contributed by atoms with Crippen molar-refractivity contribution in [2.75, 3.05) is 18.5 Å². The van der Waals surface area contributed by atoms with Gasteiger partial charge in [0.05, 0.1) is 18.2 Å². The normalized spacial score (nSPS) is 12.1. The highest BCUT2D eigenvalue weighted by Crippen LogP contribution is 2.28. The molecular weight excluding hydrogens is 394 g/mol. The minimum Gasteiger partial charge on any atom is -0.506 e. The van der Waals surface area contributed by atoms with Gasteiger partial charge in [-0.1, -0.05) is 31.5 Å². The van der Waals surface area contributed by atoms with Crippen LogP contribution in [0, 0.1) is 0 Å². The molecule has 1 atom stereocenters. The van der Waals surface area contributed by atoms with Gasteiger partial charge in [-0.25, -0.2) is 0 Å². The van der Waals surface area contributed by atoms with Crippen LogP contribution in [0.3, 0.4) is 0 Å². The van der Waals surface area contributed by atoms with Crippen LogP contribution in [0.25, 0.3) is 10.9 Å². The second kappa shape index (κ2) is 10.7. The van der Waals surface area contributed by atoms with Crippen LogP contribution in [0.1, 0.15) is 43.4 Å². The highest BCUT2D eigenvalue weighted by atomic mass is 16.3. The van der Waals surface area contributed by atoms with Crippen molar-refractivity contribution in [3.05, 3.63) is 70.0 Å². The summed E-state index contributed by atoms with van der Waals surface area (Å²) >= 11 is 0. The van der Waals surface area contributed by atoms with Gasteiger partial charge in [-0.3, -0.25) is 9.59 Å². The van der Waals surface area contributed by atoms with E-state index in [0.29, 0.717) is 23.9 Å². The number of anilines is 1. The number of amides is 1. The topological polar surface area (TPSA) is 114 Å². The highest BCUT2D eigenvalue weighted by molar-refractivity contribution is 5.90. The van der Waals surface area contributed by atoms with Crippen LogP contribution in [0.2, 0.25) is 0 Å². The average Bonchev–Trinajstić information content (AvgIpc) is 2.77. The molecule has 3 aromatic rings. The maximum atomic E-state index is 11.8. The Morgan fingerprint density at radius 1 is 1.10 bits per heavy atom. The molecule has 0 saturated heterocycles. The van der Waals surface area contributed by atoms with E-state index >= 15 is 0 Å². The Morgan fingerprint density at radius 3 is 2.58 bits per heavy atom. The fraction of sp³-hybridized carbons (Fsp3) is 0.333. The van der Waals surface area contributed by atoms with E-state index in [1.807, 2.05) is 24.3 Å². The van der Waals surface area contributed by atoms with Gasteiger partial charge < -0.3 is 25.8 Å². The number of carbonyl (C=O) groups excluding carboxylic acids is 1. The lowest BCUT2D eigenvalue weighted by Gasteiger charge is -2.19. The molecule has 7 nitrogen and oxygen atoms in total. The average molecular weight is 424 g/mol. The Labute approximate surface area is 181 Å². The fourth-order valence-electron chi connectivity index (χ4n) is 3.54. The second-order valence-electron chi connectivity index (χ2n) is 7.57. The second-order valence-corrected chi connectivity index (χ2v) is 7.57. The molecule has 31 heavy (non-hydrogen) atoms. The van der Waals surface area contributed by atoms with Crippen molar-refractivity contribution in [1.82, 2.24) is 10.3 Å². The smallest absolute Gasteiger partial charge is 0.248 e. The largest absolute Gasteiger partial charge is 0.506 e. The van der Waals surface area contributed by atoms with Gasteiger partial charge in [0.2, 0.25) is 11.5 Å². The van der Waals surface area contributed by atoms with Gasteiger partial charge in [-0.15, -0.1) is 0 Å². The van der Waals surface area contributed by atoms with Crippen LogP contribution < -0.4 is 16.2 Å². The van der Waals surface area contributed by atoms with Crippen molar-refractivity contribution in [3.8, 4) is 5.75 Å². The number of unbranched alkanes of at least 4 members (excludes halogenated alkanes) is 1. The number of pyridine rings is 1. The Balaban J connectivity index is 1.61. The van der Waals surface area contributed by atoms with Crippen molar-refractivity contribution < 1.29 is 15.0 Å². The van der Waals surface area contributed by atoms with Gasteiger partial charge in [0.25, 0.3) is 0 Å². The SMILES string of the molecule is CCCCC(=O)Nc1ccc(CCNC(CO)c2ccc(O)c3[nH]c(=O)ccc23)cc1. The van der Waals surface area contributed by atoms with Crippen LogP contribution in [-0.4, -0.2) is 34.3 Å². The lowest BCUT2D eigenvalue weighted by atomic mass is 10.0. The summed E-state index contributed by atoms with van der Waals surface area (Å²) in [5.74, 6) is 0.0274. The molecule has 1 heterocycles. The van der Waals surface area contributed by atoms with Crippen molar-refractivity contribution >= 4 is 22.5 Å². The molecule has 0 spiro atoms. The molecule has 2 aromatic carbocycles. The number of phenols is 1. The maximum Gasteiger partial charge on any atom is 0.248 e.